The predicted octanol–water partition coefficient (Wildman–Crippen LogP) is 6.86. The number of hydrogen-bond acceptors (Lipinski definition) is 2. The fourth-order valence-electron chi connectivity index (χ4n) is 6.46. The van der Waals surface area contributed by atoms with Crippen LogP contribution in [0.25, 0.3) is 21.8 Å². The Kier molecular flexibility index (Phi) is 4.95. The molecule has 1 aliphatic carbocycles. The number of nitrogens with zero attached hydrogens (tertiary/aromatic N) is 2. The van der Waals surface area contributed by atoms with Gasteiger partial charge >= 0.3 is 0 Å². The Hall–Kier alpha value is -3.54. The van der Waals surface area contributed by atoms with Crippen molar-refractivity contribution in [2.45, 2.75) is 11.2 Å². The molecule has 4 nitrogen and oxygen atoms in total. The fourth-order valence-corrected chi connectivity index (χ4v) is 7.08. The standard InChI is InChI=1S/C32H24Cl2N2O2/c1-35-25-15-5-3-9-19(25)17-27(35)31(37)21-11-7-14-24(34)30(21)32(38,22-12-8-13-23(33)29(22)31)28-18-20-10-4-6-16-26(20)36(28)2/h3-18,37-38H,1-2H3/t31-,32-/m1/s1. The Labute approximate surface area is 229 Å². The highest BCUT2D eigenvalue weighted by molar-refractivity contribution is 6.32. The minimum Gasteiger partial charge on any atom is -0.374 e. The fraction of sp³-hybridized carbons (Fsp3) is 0.125. The second-order valence-corrected chi connectivity index (χ2v) is 10.9. The maximum atomic E-state index is 12.9. The van der Waals surface area contributed by atoms with Crippen molar-refractivity contribution in [1.82, 2.24) is 9.13 Å². The lowest BCUT2D eigenvalue weighted by Gasteiger charge is -2.45. The van der Waals surface area contributed by atoms with Gasteiger partial charge in [0.1, 0.15) is 0 Å². The molecule has 2 atom stereocenters. The minimum absolute atomic E-state index is 0.359. The number of aromatic nitrogens is 2. The van der Waals surface area contributed by atoms with E-state index >= 15 is 0 Å². The lowest BCUT2D eigenvalue weighted by molar-refractivity contribution is 0.0676. The van der Waals surface area contributed by atoms with Crippen molar-refractivity contribution in [3.8, 4) is 0 Å². The first kappa shape index (κ1) is 23.6. The Balaban J connectivity index is 1.66. The van der Waals surface area contributed by atoms with Gasteiger partial charge in [0.25, 0.3) is 0 Å². The molecule has 0 fully saturated rings. The smallest absolute Gasteiger partial charge is 0.157 e. The van der Waals surface area contributed by atoms with Crippen LogP contribution in [0, 0.1) is 0 Å². The minimum atomic E-state index is -1.68. The zero-order chi connectivity index (χ0) is 26.4. The van der Waals surface area contributed by atoms with Crippen LogP contribution in [-0.4, -0.2) is 19.3 Å². The van der Waals surface area contributed by atoms with Gasteiger partial charge in [-0.1, -0.05) is 83.9 Å². The van der Waals surface area contributed by atoms with Gasteiger partial charge in [0.15, 0.2) is 11.2 Å². The highest BCUT2D eigenvalue weighted by atomic mass is 35.5. The lowest BCUT2D eigenvalue weighted by Crippen LogP contribution is -2.46. The second-order valence-electron chi connectivity index (χ2n) is 10.0. The molecule has 0 saturated heterocycles. The molecule has 2 heterocycles. The molecule has 0 saturated carbocycles. The molecule has 0 bridgehead atoms. The predicted molar refractivity (Wildman–Crippen MR) is 153 cm³/mol. The van der Waals surface area contributed by atoms with Crippen molar-refractivity contribution >= 4 is 45.0 Å². The summed E-state index contributed by atoms with van der Waals surface area (Å²) in [7, 11) is 3.86. The Morgan fingerprint density at radius 1 is 0.553 bits per heavy atom. The summed E-state index contributed by atoms with van der Waals surface area (Å²) in [4.78, 5) is 0. The SMILES string of the molecule is Cn1c([C@]2(O)c3cccc(Cl)c3[C@](O)(c3cc4ccccc4n3C)c3cccc(Cl)c32)cc2ccccc21. The summed E-state index contributed by atoms with van der Waals surface area (Å²) in [6, 6.07) is 30.7. The molecule has 0 aliphatic heterocycles. The van der Waals surface area contributed by atoms with Crippen molar-refractivity contribution in [2.75, 3.05) is 0 Å². The van der Waals surface area contributed by atoms with E-state index in [4.69, 9.17) is 23.2 Å². The van der Waals surface area contributed by atoms with Crippen molar-refractivity contribution in [3.05, 3.63) is 141 Å². The van der Waals surface area contributed by atoms with Gasteiger partial charge in [0, 0.05) is 57.4 Å². The summed E-state index contributed by atoms with van der Waals surface area (Å²) in [5, 5.41) is 28.6. The van der Waals surface area contributed by atoms with Gasteiger partial charge in [-0.3, -0.25) is 0 Å². The number of aliphatic hydroxyl groups is 2. The first-order valence-electron chi connectivity index (χ1n) is 12.4. The van der Waals surface area contributed by atoms with Gasteiger partial charge in [-0.05, 0) is 47.2 Å². The number of rotatable bonds is 2. The first-order valence-corrected chi connectivity index (χ1v) is 13.2. The molecule has 0 amide bonds. The third-order valence-corrected chi connectivity index (χ3v) is 8.81. The molecular formula is C32H24Cl2N2O2. The van der Waals surface area contributed by atoms with E-state index < -0.39 is 11.2 Å². The summed E-state index contributed by atoms with van der Waals surface area (Å²) in [6.45, 7) is 0. The van der Waals surface area contributed by atoms with Gasteiger partial charge < -0.3 is 19.3 Å². The topological polar surface area (TPSA) is 50.3 Å². The maximum absolute atomic E-state index is 12.9. The Morgan fingerprint density at radius 2 is 0.947 bits per heavy atom. The summed E-state index contributed by atoms with van der Waals surface area (Å²) in [5.74, 6) is 0. The average Bonchev–Trinajstić information content (AvgIpc) is 3.45. The molecule has 2 N–H and O–H groups in total. The first-order chi connectivity index (χ1) is 18.3. The number of benzene rings is 4. The second kappa shape index (κ2) is 7.98. The van der Waals surface area contributed by atoms with E-state index in [9.17, 15) is 10.2 Å². The number of aryl methyl sites for hydroxylation is 2. The summed E-state index contributed by atoms with van der Waals surface area (Å²) < 4.78 is 3.96. The van der Waals surface area contributed by atoms with Crippen molar-refractivity contribution in [2.24, 2.45) is 14.1 Å². The van der Waals surface area contributed by atoms with Gasteiger partial charge in [-0.2, -0.15) is 0 Å². The number of hydrogen-bond donors (Lipinski definition) is 2. The zero-order valence-electron chi connectivity index (χ0n) is 20.8. The average molecular weight is 539 g/mol. The molecule has 0 spiro atoms. The van der Waals surface area contributed by atoms with Crippen LogP contribution < -0.4 is 0 Å². The molecule has 6 aromatic rings. The molecule has 0 radical (unpaired) electrons. The van der Waals surface area contributed by atoms with Crippen LogP contribution in [-0.2, 0) is 25.3 Å². The number of para-hydroxylation sites is 2. The molecule has 2 aromatic heterocycles. The molecule has 1 aliphatic rings. The summed E-state index contributed by atoms with van der Waals surface area (Å²) in [6.07, 6.45) is 0. The lowest BCUT2D eigenvalue weighted by atomic mass is 9.65. The van der Waals surface area contributed by atoms with Crippen LogP contribution in [0.15, 0.2) is 97.1 Å². The van der Waals surface area contributed by atoms with Gasteiger partial charge in [-0.25, -0.2) is 0 Å². The van der Waals surface area contributed by atoms with E-state index in [-0.39, 0.29) is 0 Å². The van der Waals surface area contributed by atoms with E-state index in [1.807, 2.05) is 96.0 Å². The van der Waals surface area contributed by atoms with Gasteiger partial charge in [0.2, 0.25) is 0 Å². The monoisotopic (exact) mass is 538 g/mol. The van der Waals surface area contributed by atoms with Crippen LogP contribution >= 0.6 is 23.2 Å². The molecule has 38 heavy (non-hydrogen) atoms. The molecule has 188 valence electrons. The van der Waals surface area contributed by atoms with E-state index in [0.29, 0.717) is 43.7 Å². The highest BCUT2D eigenvalue weighted by Gasteiger charge is 2.54. The number of halogens is 2. The molecule has 0 unspecified atom stereocenters. The van der Waals surface area contributed by atoms with E-state index in [1.165, 1.54) is 0 Å². The van der Waals surface area contributed by atoms with Crippen LogP contribution in [0.3, 0.4) is 0 Å². The van der Waals surface area contributed by atoms with Crippen LogP contribution in [0.5, 0.6) is 0 Å². The Bertz CT molecular complexity index is 1780. The van der Waals surface area contributed by atoms with Crippen LogP contribution in [0.4, 0.5) is 0 Å². The van der Waals surface area contributed by atoms with Crippen molar-refractivity contribution < 1.29 is 10.2 Å². The third kappa shape index (κ3) is 2.83. The highest BCUT2D eigenvalue weighted by Crippen LogP contribution is 2.57. The zero-order valence-corrected chi connectivity index (χ0v) is 22.3. The number of fused-ring (bicyclic) bond motifs is 4. The van der Waals surface area contributed by atoms with Crippen molar-refractivity contribution in [1.29, 1.82) is 0 Å². The summed E-state index contributed by atoms with van der Waals surface area (Å²) >= 11 is 13.9. The molecule has 7 rings (SSSR count). The Morgan fingerprint density at radius 3 is 1.34 bits per heavy atom. The van der Waals surface area contributed by atoms with Crippen molar-refractivity contribution in [3.63, 3.8) is 0 Å². The summed E-state index contributed by atoms with van der Waals surface area (Å²) in [5.41, 5.74) is 1.71. The van der Waals surface area contributed by atoms with Crippen LogP contribution in [0.1, 0.15) is 33.6 Å². The third-order valence-electron chi connectivity index (χ3n) is 8.18. The van der Waals surface area contributed by atoms with E-state index in [0.717, 1.165) is 21.8 Å². The van der Waals surface area contributed by atoms with Gasteiger partial charge in [0.05, 0.1) is 11.4 Å². The van der Waals surface area contributed by atoms with E-state index in [1.54, 1.807) is 24.3 Å². The normalized spacial score (nSPS) is 20.6. The molecule has 4 aromatic carbocycles. The largest absolute Gasteiger partial charge is 0.374 e. The molecule has 6 heteroatoms. The van der Waals surface area contributed by atoms with Gasteiger partial charge in [-0.15, -0.1) is 0 Å². The van der Waals surface area contributed by atoms with E-state index in [2.05, 4.69) is 0 Å². The quantitative estimate of drug-likeness (QED) is 0.253. The van der Waals surface area contributed by atoms with Crippen LogP contribution in [0.2, 0.25) is 10.0 Å². The maximum Gasteiger partial charge on any atom is 0.157 e. The molecular weight excluding hydrogens is 515 g/mol.